The number of hydrogen-bond acceptors (Lipinski definition) is 3. The summed E-state index contributed by atoms with van der Waals surface area (Å²) in [4.78, 5) is 2.55. The molecular weight excluding hydrogens is 190 g/mol. The summed E-state index contributed by atoms with van der Waals surface area (Å²) in [6, 6.07) is 0. The van der Waals surface area contributed by atoms with Crippen molar-refractivity contribution in [2.24, 2.45) is 5.41 Å². The Bertz CT molecular complexity index is 206. The number of morpholine rings is 1. The summed E-state index contributed by atoms with van der Waals surface area (Å²) in [7, 11) is 1.81. The van der Waals surface area contributed by atoms with Crippen LogP contribution in [0.2, 0.25) is 0 Å². The van der Waals surface area contributed by atoms with E-state index in [0.717, 1.165) is 19.7 Å². The van der Waals surface area contributed by atoms with Gasteiger partial charge in [-0.25, -0.2) is 0 Å². The lowest BCUT2D eigenvalue weighted by molar-refractivity contribution is -0.0751. The van der Waals surface area contributed by atoms with E-state index in [2.05, 4.69) is 18.7 Å². The van der Waals surface area contributed by atoms with E-state index in [1.54, 1.807) is 0 Å². The molecule has 1 aliphatic heterocycles. The molecule has 3 heteroatoms. The van der Waals surface area contributed by atoms with E-state index < -0.39 is 0 Å². The summed E-state index contributed by atoms with van der Waals surface area (Å²) in [5.74, 6) is 0. The molecule has 88 valence electrons. The molecule has 1 saturated heterocycles. The fraction of sp³-hybridized carbons (Fsp3) is 1.00. The van der Waals surface area contributed by atoms with Crippen LogP contribution >= 0.6 is 0 Å². The monoisotopic (exact) mass is 213 g/mol. The molecule has 0 aromatic rings. The van der Waals surface area contributed by atoms with E-state index in [9.17, 15) is 0 Å². The molecule has 1 saturated carbocycles. The second-order valence-electron chi connectivity index (χ2n) is 5.38. The molecule has 0 aromatic heterocycles. The molecule has 1 aliphatic carbocycles. The quantitative estimate of drug-likeness (QED) is 0.707. The molecule has 2 fully saturated rings. The predicted molar refractivity (Wildman–Crippen MR) is 60.0 cm³/mol. The molecule has 0 bridgehead atoms. The molecule has 2 atom stereocenters. The van der Waals surface area contributed by atoms with Crippen LogP contribution in [0.15, 0.2) is 0 Å². The van der Waals surface area contributed by atoms with Crippen LogP contribution in [0.5, 0.6) is 0 Å². The van der Waals surface area contributed by atoms with Crippen LogP contribution in [0.4, 0.5) is 0 Å². The van der Waals surface area contributed by atoms with Gasteiger partial charge >= 0.3 is 0 Å². The zero-order valence-electron chi connectivity index (χ0n) is 10.2. The van der Waals surface area contributed by atoms with Gasteiger partial charge in [-0.15, -0.1) is 0 Å². The average molecular weight is 213 g/mol. The van der Waals surface area contributed by atoms with E-state index in [1.807, 2.05) is 7.11 Å². The first kappa shape index (κ1) is 11.4. The summed E-state index contributed by atoms with van der Waals surface area (Å²) in [6.07, 6.45) is 3.43. The Kier molecular flexibility index (Phi) is 3.33. The second-order valence-corrected chi connectivity index (χ2v) is 5.38. The van der Waals surface area contributed by atoms with Gasteiger partial charge in [-0.05, 0) is 26.7 Å². The maximum atomic E-state index is 5.74. The molecule has 2 rings (SSSR count). The highest BCUT2D eigenvalue weighted by atomic mass is 16.5. The second kappa shape index (κ2) is 4.40. The summed E-state index contributed by atoms with van der Waals surface area (Å²) >= 11 is 0. The normalized spacial score (nSPS) is 35.4. The molecule has 0 amide bonds. The lowest BCUT2D eigenvalue weighted by atomic mass is 10.1. The van der Waals surface area contributed by atoms with Gasteiger partial charge in [0.05, 0.1) is 18.8 Å². The minimum Gasteiger partial charge on any atom is -0.384 e. The average Bonchev–Trinajstić information content (AvgIpc) is 2.83. The molecule has 1 heterocycles. The van der Waals surface area contributed by atoms with Crippen molar-refractivity contribution >= 4 is 0 Å². The third kappa shape index (κ3) is 2.92. The topological polar surface area (TPSA) is 21.7 Å². The highest BCUT2D eigenvalue weighted by Crippen LogP contribution is 2.46. The molecule has 0 aromatic carbocycles. The Morgan fingerprint density at radius 2 is 1.87 bits per heavy atom. The van der Waals surface area contributed by atoms with Crippen molar-refractivity contribution in [2.45, 2.75) is 38.9 Å². The van der Waals surface area contributed by atoms with Crippen molar-refractivity contribution in [3.05, 3.63) is 0 Å². The zero-order chi connectivity index (χ0) is 10.9. The van der Waals surface area contributed by atoms with Gasteiger partial charge in [0.15, 0.2) is 0 Å². The van der Waals surface area contributed by atoms with Crippen LogP contribution in [0, 0.1) is 5.41 Å². The van der Waals surface area contributed by atoms with Gasteiger partial charge < -0.3 is 9.47 Å². The largest absolute Gasteiger partial charge is 0.384 e. The maximum Gasteiger partial charge on any atom is 0.0678 e. The van der Waals surface area contributed by atoms with Crippen LogP contribution in [0.3, 0.4) is 0 Å². The van der Waals surface area contributed by atoms with Crippen LogP contribution in [-0.2, 0) is 9.47 Å². The summed E-state index contributed by atoms with van der Waals surface area (Å²) in [6.45, 7) is 8.61. The van der Waals surface area contributed by atoms with E-state index in [0.29, 0.717) is 17.6 Å². The van der Waals surface area contributed by atoms with E-state index in [4.69, 9.17) is 9.47 Å². The molecule has 15 heavy (non-hydrogen) atoms. The van der Waals surface area contributed by atoms with Gasteiger partial charge in [0.2, 0.25) is 0 Å². The fourth-order valence-electron chi connectivity index (χ4n) is 2.72. The van der Waals surface area contributed by atoms with Crippen LogP contribution < -0.4 is 0 Å². The fourth-order valence-corrected chi connectivity index (χ4v) is 2.72. The number of hydrogen-bond donors (Lipinski definition) is 0. The summed E-state index contributed by atoms with van der Waals surface area (Å²) < 4.78 is 11.0. The standard InChI is InChI=1S/C12H23NO2/c1-10-6-13(7-11(2)15-10)8-12(4-5-12)9-14-3/h10-11H,4-9H2,1-3H3/t10-,11+. The molecule has 0 unspecified atom stereocenters. The molecule has 0 radical (unpaired) electrons. The Morgan fingerprint density at radius 1 is 1.27 bits per heavy atom. The molecular formula is C12H23NO2. The van der Waals surface area contributed by atoms with Crippen LogP contribution in [-0.4, -0.2) is 50.5 Å². The minimum absolute atomic E-state index is 0.382. The first-order valence-corrected chi connectivity index (χ1v) is 6.00. The Morgan fingerprint density at radius 3 is 2.33 bits per heavy atom. The van der Waals surface area contributed by atoms with Crippen LogP contribution in [0.1, 0.15) is 26.7 Å². The van der Waals surface area contributed by atoms with Crippen molar-refractivity contribution in [3.63, 3.8) is 0 Å². The van der Waals surface area contributed by atoms with Crippen molar-refractivity contribution in [3.8, 4) is 0 Å². The summed E-state index contributed by atoms with van der Waals surface area (Å²) in [5.41, 5.74) is 0.478. The smallest absolute Gasteiger partial charge is 0.0678 e. The van der Waals surface area contributed by atoms with Gasteiger partial charge in [0.25, 0.3) is 0 Å². The van der Waals surface area contributed by atoms with Gasteiger partial charge in [0, 0.05) is 32.2 Å². The Labute approximate surface area is 92.7 Å². The van der Waals surface area contributed by atoms with Crippen molar-refractivity contribution in [1.82, 2.24) is 4.90 Å². The Balaban J connectivity index is 1.83. The van der Waals surface area contributed by atoms with Crippen molar-refractivity contribution in [2.75, 3.05) is 33.4 Å². The number of ether oxygens (including phenoxy) is 2. The maximum absolute atomic E-state index is 5.74. The van der Waals surface area contributed by atoms with Crippen LogP contribution in [0.25, 0.3) is 0 Å². The molecule has 0 spiro atoms. The van der Waals surface area contributed by atoms with E-state index in [-0.39, 0.29) is 0 Å². The first-order chi connectivity index (χ1) is 7.13. The number of methoxy groups -OCH3 is 1. The third-order valence-electron chi connectivity index (χ3n) is 3.46. The van der Waals surface area contributed by atoms with Gasteiger partial charge in [-0.2, -0.15) is 0 Å². The van der Waals surface area contributed by atoms with Gasteiger partial charge in [0.1, 0.15) is 0 Å². The molecule has 0 N–H and O–H groups in total. The third-order valence-corrected chi connectivity index (χ3v) is 3.46. The zero-order valence-corrected chi connectivity index (χ0v) is 10.2. The highest BCUT2D eigenvalue weighted by molar-refractivity contribution is 4.96. The van der Waals surface area contributed by atoms with Gasteiger partial charge in [-0.3, -0.25) is 4.90 Å². The highest BCUT2D eigenvalue weighted by Gasteiger charge is 2.44. The summed E-state index contributed by atoms with van der Waals surface area (Å²) in [5, 5.41) is 0. The van der Waals surface area contributed by atoms with Gasteiger partial charge in [-0.1, -0.05) is 0 Å². The molecule has 2 aliphatic rings. The van der Waals surface area contributed by atoms with E-state index in [1.165, 1.54) is 19.4 Å². The predicted octanol–water partition coefficient (Wildman–Crippen LogP) is 1.52. The number of rotatable bonds is 4. The SMILES string of the molecule is COCC1(CN2C[C@@H](C)O[C@@H](C)C2)CC1. The lowest BCUT2D eigenvalue weighted by Gasteiger charge is -2.37. The first-order valence-electron chi connectivity index (χ1n) is 6.00. The van der Waals surface area contributed by atoms with Crippen molar-refractivity contribution in [1.29, 1.82) is 0 Å². The van der Waals surface area contributed by atoms with E-state index >= 15 is 0 Å². The Hall–Kier alpha value is -0.120. The number of nitrogens with zero attached hydrogens (tertiary/aromatic N) is 1. The lowest BCUT2D eigenvalue weighted by Crippen LogP contribution is -2.47. The molecule has 3 nitrogen and oxygen atoms in total. The minimum atomic E-state index is 0.382. The van der Waals surface area contributed by atoms with Crippen molar-refractivity contribution < 1.29 is 9.47 Å².